The Labute approximate surface area is 208 Å². The summed E-state index contributed by atoms with van der Waals surface area (Å²) in [6.45, 7) is 0.234. The summed E-state index contributed by atoms with van der Waals surface area (Å²) in [5.41, 5.74) is 7.37. The molecule has 1 fully saturated rings. The Morgan fingerprint density at radius 3 is 2.08 bits per heavy atom. The average molecular weight is 533 g/mol. The number of carbonyl (C=O) groups excluding carboxylic acids is 2. The highest BCUT2D eigenvalue weighted by molar-refractivity contribution is 5.93. The van der Waals surface area contributed by atoms with E-state index < -0.39 is 47.8 Å². The number of nitrogens with two attached hydrogens (primary N) is 1. The zero-order valence-corrected chi connectivity index (χ0v) is 19.8. The molecule has 1 aliphatic rings. The number of likely N-dealkylation sites (tertiary alicyclic amines) is 1. The van der Waals surface area contributed by atoms with Crippen LogP contribution in [0.1, 0.15) is 17.9 Å². The van der Waals surface area contributed by atoms with Gasteiger partial charge in [-0.25, -0.2) is 18.0 Å². The Kier molecular flexibility index (Phi) is 9.67. The second-order valence-electron chi connectivity index (χ2n) is 8.46. The van der Waals surface area contributed by atoms with Crippen LogP contribution in [0.4, 0.5) is 26.3 Å². The van der Waals surface area contributed by atoms with Gasteiger partial charge in [-0.05, 0) is 29.7 Å². The SMILES string of the molecule is CN(C)C(=O)[C@@H](c1ccc(-c2ccc(F)cc2F)cc1)[C@H](N)C(=O)N1CC[C@H](F)C1.O=C(O)C(F)(F)F. The van der Waals surface area contributed by atoms with E-state index in [1.54, 1.807) is 38.4 Å². The summed E-state index contributed by atoms with van der Waals surface area (Å²) < 4.78 is 72.5. The fraction of sp³-hybridized carbons (Fsp3) is 0.375. The maximum atomic E-state index is 14.1. The number of alkyl halides is 4. The highest BCUT2D eigenvalue weighted by atomic mass is 19.4. The second-order valence-corrected chi connectivity index (χ2v) is 8.46. The van der Waals surface area contributed by atoms with Gasteiger partial charge in [-0.1, -0.05) is 24.3 Å². The number of carboxylic acids is 1. The standard InChI is InChI=1S/C22H24F3N3O2.C2HF3O2/c1-27(2)21(29)19(20(26)22(30)28-10-9-16(24)12-28)14-5-3-13(4-6-14)17-8-7-15(23)11-18(17)25;3-2(4,5)1(6)7/h3-8,11,16,19-20H,9-10,12,26H2,1-2H3;(H,6,7)/t16-,19-,20-;/m0./s1. The molecule has 0 unspecified atom stereocenters. The van der Waals surface area contributed by atoms with Gasteiger partial charge in [0.05, 0.1) is 12.5 Å². The van der Waals surface area contributed by atoms with E-state index in [0.717, 1.165) is 12.1 Å². The summed E-state index contributed by atoms with van der Waals surface area (Å²) in [6.07, 6.45) is -5.92. The monoisotopic (exact) mass is 533 g/mol. The molecule has 1 heterocycles. The van der Waals surface area contributed by atoms with Gasteiger partial charge in [-0.2, -0.15) is 13.2 Å². The molecule has 3 atom stereocenters. The molecule has 1 aliphatic heterocycles. The van der Waals surface area contributed by atoms with E-state index in [-0.39, 0.29) is 31.0 Å². The van der Waals surface area contributed by atoms with Crippen molar-refractivity contribution in [3.8, 4) is 11.1 Å². The van der Waals surface area contributed by atoms with E-state index in [0.29, 0.717) is 11.1 Å². The molecule has 2 aromatic carbocycles. The van der Waals surface area contributed by atoms with Crippen molar-refractivity contribution in [3.05, 3.63) is 59.7 Å². The summed E-state index contributed by atoms with van der Waals surface area (Å²) in [4.78, 5) is 37.2. The quantitative estimate of drug-likeness (QED) is 0.574. The molecule has 0 aliphatic carbocycles. The van der Waals surface area contributed by atoms with Crippen LogP contribution in [0.25, 0.3) is 11.1 Å². The number of likely N-dealkylation sites (N-methyl/N-ethyl adjacent to an activating group) is 1. The normalized spacial score (nSPS) is 16.9. The zero-order valence-electron chi connectivity index (χ0n) is 19.8. The molecule has 3 N–H and O–H groups in total. The third-order valence-corrected chi connectivity index (χ3v) is 5.55. The second kappa shape index (κ2) is 12.1. The topological polar surface area (TPSA) is 104 Å². The number of carbonyl (C=O) groups is 3. The van der Waals surface area contributed by atoms with Crippen LogP contribution in [0, 0.1) is 11.6 Å². The van der Waals surface area contributed by atoms with E-state index in [9.17, 15) is 35.9 Å². The van der Waals surface area contributed by atoms with Crippen LogP contribution in [0.5, 0.6) is 0 Å². The predicted octanol–water partition coefficient (Wildman–Crippen LogP) is 3.33. The molecule has 2 aromatic rings. The number of aliphatic carboxylic acids is 1. The first-order valence-electron chi connectivity index (χ1n) is 10.9. The van der Waals surface area contributed by atoms with E-state index >= 15 is 0 Å². The maximum absolute atomic E-state index is 14.1. The largest absolute Gasteiger partial charge is 0.490 e. The van der Waals surface area contributed by atoms with Crippen molar-refractivity contribution in [2.24, 2.45) is 5.73 Å². The van der Waals surface area contributed by atoms with Gasteiger partial charge >= 0.3 is 12.1 Å². The average Bonchev–Trinajstić information content (AvgIpc) is 3.25. The first kappa shape index (κ1) is 29.6. The summed E-state index contributed by atoms with van der Waals surface area (Å²) in [5, 5.41) is 7.12. The van der Waals surface area contributed by atoms with E-state index in [1.807, 2.05) is 0 Å². The van der Waals surface area contributed by atoms with Crippen LogP contribution in [0.3, 0.4) is 0 Å². The van der Waals surface area contributed by atoms with Gasteiger partial charge in [0, 0.05) is 32.3 Å². The van der Waals surface area contributed by atoms with Crippen molar-refractivity contribution in [2.45, 2.75) is 30.7 Å². The van der Waals surface area contributed by atoms with Gasteiger partial charge in [-0.15, -0.1) is 0 Å². The lowest BCUT2D eigenvalue weighted by Gasteiger charge is -2.28. The van der Waals surface area contributed by atoms with Gasteiger partial charge in [0.25, 0.3) is 0 Å². The summed E-state index contributed by atoms with van der Waals surface area (Å²) in [7, 11) is 3.12. The lowest BCUT2D eigenvalue weighted by molar-refractivity contribution is -0.192. The third-order valence-electron chi connectivity index (χ3n) is 5.55. The zero-order chi connectivity index (χ0) is 28.1. The Balaban J connectivity index is 0.000000604. The van der Waals surface area contributed by atoms with Gasteiger partial charge in [-0.3, -0.25) is 9.59 Å². The molecule has 0 bridgehead atoms. The van der Waals surface area contributed by atoms with Crippen LogP contribution >= 0.6 is 0 Å². The number of rotatable bonds is 5. The number of hydrogen-bond acceptors (Lipinski definition) is 4. The fourth-order valence-corrected chi connectivity index (χ4v) is 3.65. The Morgan fingerprint density at radius 2 is 1.65 bits per heavy atom. The molecule has 0 spiro atoms. The number of hydrogen-bond donors (Lipinski definition) is 2. The molecule has 0 aromatic heterocycles. The van der Waals surface area contributed by atoms with Crippen molar-refractivity contribution in [1.82, 2.24) is 9.80 Å². The molecule has 7 nitrogen and oxygen atoms in total. The number of benzene rings is 2. The first-order chi connectivity index (χ1) is 17.1. The maximum Gasteiger partial charge on any atom is 0.490 e. The van der Waals surface area contributed by atoms with Crippen molar-refractivity contribution in [3.63, 3.8) is 0 Å². The molecule has 13 heteroatoms. The smallest absolute Gasteiger partial charge is 0.475 e. The molecular formula is C24H25F6N3O4. The molecule has 2 amide bonds. The van der Waals surface area contributed by atoms with Crippen molar-refractivity contribution >= 4 is 17.8 Å². The number of carboxylic acid groups (broad SMARTS) is 1. The number of amides is 2. The Bertz CT molecular complexity index is 1120. The van der Waals surface area contributed by atoms with Crippen LogP contribution in [-0.4, -0.2) is 78.3 Å². The lowest BCUT2D eigenvalue weighted by Crippen LogP contribution is -2.50. The van der Waals surface area contributed by atoms with Crippen LogP contribution < -0.4 is 5.73 Å². The Hall–Kier alpha value is -3.61. The van der Waals surface area contributed by atoms with E-state index in [2.05, 4.69) is 0 Å². The van der Waals surface area contributed by atoms with Gasteiger partial charge in [0.2, 0.25) is 11.8 Å². The molecule has 1 saturated heterocycles. The molecular weight excluding hydrogens is 508 g/mol. The minimum absolute atomic E-state index is 0.0296. The van der Waals surface area contributed by atoms with Crippen molar-refractivity contribution < 1.29 is 45.8 Å². The van der Waals surface area contributed by atoms with Crippen LogP contribution in [-0.2, 0) is 14.4 Å². The summed E-state index contributed by atoms with van der Waals surface area (Å²) in [5.74, 6) is -5.96. The summed E-state index contributed by atoms with van der Waals surface area (Å²) in [6, 6.07) is 8.48. The molecule has 0 radical (unpaired) electrons. The minimum atomic E-state index is -5.08. The van der Waals surface area contributed by atoms with Crippen molar-refractivity contribution in [2.75, 3.05) is 27.2 Å². The van der Waals surface area contributed by atoms with Crippen LogP contribution in [0.15, 0.2) is 42.5 Å². The van der Waals surface area contributed by atoms with Gasteiger partial charge in [0.1, 0.15) is 23.8 Å². The first-order valence-corrected chi connectivity index (χ1v) is 10.9. The van der Waals surface area contributed by atoms with Gasteiger partial charge in [0.15, 0.2) is 0 Å². The van der Waals surface area contributed by atoms with Crippen molar-refractivity contribution in [1.29, 1.82) is 0 Å². The van der Waals surface area contributed by atoms with Gasteiger partial charge < -0.3 is 20.6 Å². The molecule has 202 valence electrons. The predicted molar refractivity (Wildman–Crippen MR) is 121 cm³/mol. The fourth-order valence-electron chi connectivity index (χ4n) is 3.65. The highest BCUT2D eigenvalue weighted by Crippen LogP contribution is 2.28. The Morgan fingerprint density at radius 1 is 1.08 bits per heavy atom. The molecule has 0 saturated carbocycles. The van der Waals surface area contributed by atoms with E-state index in [1.165, 1.54) is 15.9 Å². The number of halogens is 6. The number of nitrogens with zero attached hydrogens (tertiary/aromatic N) is 2. The highest BCUT2D eigenvalue weighted by Gasteiger charge is 2.39. The minimum Gasteiger partial charge on any atom is -0.475 e. The molecule has 3 rings (SSSR count). The van der Waals surface area contributed by atoms with E-state index in [4.69, 9.17) is 15.6 Å². The third kappa shape index (κ3) is 7.68. The lowest BCUT2D eigenvalue weighted by atomic mass is 9.88. The summed E-state index contributed by atoms with van der Waals surface area (Å²) >= 11 is 0. The van der Waals surface area contributed by atoms with Crippen LogP contribution in [0.2, 0.25) is 0 Å². The molecule has 37 heavy (non-hydrogen) atoms.